The molecule has 0 aliphatic carbocycles. The van der Waals surface area contributed by atoms with Crippen LogP contribution in [0.5, 0.6) is 17.2 Å². The second-order valence-corrected chi connectivity index (χ2v) is 4.05. The minimum atomic E-state index is -0.388. The summed E-state index contributed by atoms with van der Waals surface area (Å²) >= 11 is 0. The molecule has 0 saturated carbocycles. The number of aromatic nitrogens is 1. The first-order chi connectivity index (χ1) is 10.2. The van der Waals surface area contributed by atoms with Crippen LogP contribution in [-0.2, 0) is 0 Å². The van der Waals surface area contributed by atoms with Crippen LogP contribution in [0.4, 0.5) is 5.82 Å². The zero-order chi connectivity index (χ0) is 15.2. The first kappa shape index (κ1) is 14.6. The van der Waals surface area contributed by atoms with Gasteiger partial charge in [-0.1, -0.05) is 6.07 Å². The number of nitrogens with zero attached hydrogens (tertiary/aromatic N) is 1. The highest BCUT2D eigenvalue weighted by molar-refractivity contribution is 6.08. The largest absolute Gasteiger partial charge is 0.496 e. The van der Waals surface area contributed by atoms with Gasteiger partial charge in [-0.3, -0.25) is 4.79 Å². The molecular weight excluding hydrogens is 272 g/mol. The van der Waals surface area contributed by atoms with E-state index in [0.717, 1.165) is 0 Å². The van der Waals surface area contributed by atoms with Gasteiger partial charge in [-0.05, 0) is 24.3 Å². The molecule has 21 heavy (non-hydrogen) atoms. The number of carbonyl (C=O) groups excluding carboxylic acids is 1. The Morgan fingerprint density at radius 1 is 0.952 bits per heavy atom. The summed E-state index contributed by atoms with van der Waals surface area (Å²) in [6, 6.07) is 8.55. The van der Waals surface area contributed by atoms with Crippen LogP contribution in [-0.4, -0.2) is 32.2 Å². The molecule has 0 bridgehead atoms. The lowest BCUT2D eigenvalue weighted by Crippen LogP contribution is -2.16. The summed E-state index contributed by atoms with van der Waals surface area (Å²) in [6.07, 6.45) is 1.57. The molecule has 1 aromatic carbocycles. The third-order valence-electron chi connectivity index (χ3n) is 2.88. The molecule has 0 spiro atoms. The van der Waals surface area contributed by atoms with Crippen LogP contribution in [0.25, 0.3) is 0 Å². The SMILES string of the molecule is COc1cccnc1NC(=O)c1c(OC)cccc1OC. The lowest BCUT2D eigenvalue weighted by Gasteiger charge is -2.13. The van der Waals surface area contributed by atoms with Crippen LogP contribution < -0.4 is 19.5 Å². The fraction of sp³-hybridized carbons (Fsp3) is 0.200. The maximum absolute atomic E-state index is 12.5. The van der Waals surface area contributed by atoms with Crippen LogP contribution in [0.1, 0.15) is 10.4 Å². The summed E-state index contributed by atoms with van der Waals surface area (Å²) in [6.45, 7) is 0. The number of hydrogen-bond donors (Lipinski definition) is 1. The number of anilines is 1. The van der Waals surface area contributed by atoms with E-state index < -0.39 is 0 Å². The normalized spacial score (nSPS) is 9.86. The first-order valence-corrected chi connectivity index (χ1v) is 6.22. The number of methoxy groups -OCH3 is 3. The van der Waals surface area contributed by atoms with E-state index in [9.17, 15) is 4.79 Å². The molecule has 0 aliphatic heterocycles. The molecule has 1 heterocycles. The van der Waals surface area contributed by atoms with Gasteiger partial charge in [0.05, 0.1) is 21.3 Å². The maximum atomic E-state index is 12.5. The molecule has 0 fully saturated rings. The summed E-state index contributed by atoms with van der Waals surface area (Å²) in [5.74, 6) is 1.25. The van der Waals surface area contributed by atoms with Gasteiger partial charge in [0.25, 0.3) is 5.91 Å². The molecule has 110 valence electrons. The Morgan fingerprint density at radius 3 is 2.10 bits per heavy atom. The molecule has 0 atom stereocenters. The molecule has 2 aromatic rings. The number of benzene rings is 1. The number of ether oxygens (including phenoxy) is 3. The fourth-order valence-electron chi connectivity index (χ4n) is 1.89. The van der Waals surface area contributed by atoms with Crippen LogP contribution in [0, 0.1) is 0 Å². The minimum Gasteiger partial charge on any atom is -0.496 e. The van der Waals surface area contributed by atoms with Crippen molar-refractivity contribution in [1.29, 1.82) is 0 Å². The van der Waals surface area contributed by atoms with Crippen molar-refractivity contribution in [3.8, 4) is 17.2 Å². The molecule has 0 radical (unpaired) electrons. The summed E-state index contributed by atoms with van der Waals surface area (Å²) in [5.41, 5.74) is 0.301. The van der Waals surface area contributed by atoms with Crippen molar-refractivity contribution in [2.75, 3.05) is 26.6 Å². The summed E-state index contributed by atoms with van der Waals surface area (Å²) in [4.78, 5) is 16.6. The summed E-state index contributed by atoms with van der Waals surface area (Å²) in [5, 5.41) is 2.69. The molecule has 6 nitrogen and oxygen atoms in total. The number of pyridine rings is 1. The lowest BCUT2D eigenvalue weighted by molar-refractivity contribution is 0.102. The van der Waals surface area contributed by atoms with Crippen LogP contribution in [0.2, 0.25) is 0 Å². The number of hydrogen-bond acceptors (Lipinski definition) is 5. The van der Waals surface area contributed by atoms with Gasteiger partial charge >= 0.3 is 0 Å². The average molecular weight is 288 g/mol. The van der Waals surface area contributed by atoms with Gasteiger partial charge in [-0.15, -0.1) is 0 Å². The van der Waals surface area contributed by atoms with Crippen molar-refractivity contribution < 1.29 is 19.0 Å². The number of carbonyl (C=O) groups is 1. The Bertz CT molecular complexity index is 621. The monoisotopic (exact) mass is 288 g/mol. The Hall–Kier alpha value is -2.76. The van der Waals surface area contributed by atoms with Gasteiger partial charge in [0.2, 0.25) is 0 Å². The molecule has 0 aliphatic rings. The van der Waals surface area contributed by atoms with Crippen LogP contribution in [0.15, 0.2) is 36.5 Å². The first-order valence-electron chi connectivity index (χ1n) is 6.22. The molecule has 1 amide bonds. The van der Waals surface area contributed by atoms with Gasteiger partial charge in [0.1, 0.15) is 17.1 Å². The van der Waals surface area contributed by atoms with Gasteiger partial charge < -0.3 is 19.5 Å². The Balaban J connectivity index is 2.36. The molecule has 0 saturated heterocycles. The van der Waals surface area contributed by atoms with E-state index in [1.807, 2.05) is 0 Å². The summed E-state index contributed by atoms with van der Waals surface area (Å²) in [7, 11) is 4.50. The molecule has 1 N–H and O–H groups in total. The van der Waals surface area contributed by atoms with E-state index in [1.54, 1.807) is 36.5 Å². The number of amides is 1. The average Bonchev–Trinajstić information content (AvgIpc) is 2.54. The standard InChI is InChI=1S/C15H16N2O4/c1-19-10-6-4-7-11(20-2)13(10)15(18)17-14-12(21-3)8-5-9-16-14/h4-9H,1-3H3,(H,16,17,18). The highest BCUT2D eigenvalue weighted by Gasteiger charge is 2.19. The van der Waals surface area contributed by atoms with E-state index in [0.29, 0.717) is 28.6 Å². The van der Waals surface area contributed by atoms with E-state index >= 15 is 0 Å². The predicted molar refractivity (Wildman–Crippen MR) is 78.3 cm³/mol. The number of rotatable bonds is 5. The maximum Gasteiger partial charge on any atom is 0.264 e. The third-order valence-corrected chi connectivity index (χ3v) is 2.88. The zero-order valence-corrected chi connectivity index (χ0v) is 12.0. The second kappa shape index (κ2) is 6.60. The van der Waals surface area contributed by atoms with E-state index in [4.69, 9.17) is 14.2 Å². The smallest absolute Gasteiger partial charge is 0.264 e. The Kier molecular flexibility index (Phi) is 4.61. The van der Waals surface area contributed by atoms with Crippen molar-refractivity contribution in [2.24, 2.45) is 0 Å². The number of nitrogens with one attached hydrogen (secondary N) is 1. The quantitative estimate of drug-likeness (QED) is 0.914. The highest BCUT2D eigenvalue weighted by Crippen LogP contribution is 2.30. The van der Waals surface area contributed by atoms with Gasteiger partial charge in [-0.2, -0.15) is 0 Å². The van der Waals surface area contributed by atoms with Crippen molar-refractivity contribution in [1.82, 2.24) is 4.98 Å². The van der Waals surface area contributed by atoms with E-state index in [-0.39, 0.29) is 5.91 Å². The molecule has 6 heteroatoms. The second-order valence-electron chi connectivity index (χ2n) is 4.05. The van der Waals surface area contributed by atoms with E-state index in [2.05, 4.69) is 10.3 Å². The molecule has 0 unspecified atom stereocenters. The minimum absolute atomic E-state index is 0.301. The van der Waals surface area contributed by atoms with Crippen molar-refractivity contribution in [2.45, 2.75) is 0 Å². The lowest BCUT2D eigenvalue weighted by atomic mass is 10.1. The Labute approximate surface area is 122 Å². The van der Waals surface area contributed by atoms with Crippen molar-refractivity contribution >= 4 is 11.7 Å². The predicted octanol–water partition coefficient (Wildman–Crippen LogP) is 2.36. The van der Waals surface area contributed by atoms with Gasteiger partial charge in [0, 0.05) is 6.20 Å². The van der Waals surface area contributed by atoms with Gasteiger partial charge in [0.15, 0.2) is 11.6 Å². The molecule has 2 rings (SSSR count). The highest BCUT2D eigenvalue weighted by atomic mass is 16.5. The third kappa shape index (κ3) is 3.05. The van der Waals surface area contributed by atoms with Crippen LogP contribution >= 0.6 is 0 Å². The van der Waals surface area contributed by atoms with Gasteiger partial charge in [-0.25, -0.2) is 4.98 Å². The van der Waals surface area contributed by atoms with Crippen molar-refractivity contribution in [3.63, 3.8) is 0 Å². The molecular formula is C15H16N2O4. The topological polar surface area (TPSA) is 69.7 Å². The zero-order valence-electron chi connectivity index (χ0n) is 12.0. The molecule has 1 aromatic heterocycles. The Morgan fingerprint density at radius 2 is 1.52 bits per heavy atom. The summed E-state index contributed by atoms with van der Waals surface area (Å²) < 4.78 is 15.6. The van der Waals surface area contributed by atoms with Crippen LogP contribution in [0.3, 0.4) is 0 Å². The van der Waals surface area contributed by atoms with E-state index in [1.165, 1.54) is 21.3 Å². The fourth-order valence-corrected chi connectivity index (χ4v) is 1.89. The van der Waals surface area contributed by atoms with Crippen molar-refractivity contribution in [3.05, 3.63) is 42.1 Å².